The highest BCUT2D eigenvalue weighted by molar-refractivity contribution is 6.39. The maximum atomic E-state index is 11.9. The van der Waals surface area contributed by atoms with Gasteiger partial charge in [0, 0.05) is 12.2 Å². The highest BCUT2D eigenvalue weighted by Gasteiger charge is 2.22. The Labute approximate surface area is 131 Å². The largest absolute Gasteiger partial charge is 0.393 e. The van der Waals surface area contributed by atoms with E-state index in [2.05, 4.69) is 10.6 Å². The van der Waals surface area contributed by atoms with Gasteiger partial charge in [-0.15, -0.1) is 0 Å². The summed E-state index contributed by atoms with van der Waals surface area (Å²) < 4.78 is 0. The molecule has 1 aliphatic rings. The van der Waals surface area contributed by atoms with Gasteiger partial charge in [0.15, 0.2) is 0 Å². The molecule has 5 heteroatoms. The number of aliphatic hydroxyl groups excluding tert-OH is 1. The lowest BCUT2D eigenvalue weighted by Crippen LogP contribution is -2.39. The maximum absolute atomic E-state index is 11.9. The fraction of sp³-hybridized carbons (Fsp3) is 0.529. The molecule has 2 unspecified atom stereocenters. The van der Waals surface area contributed by atoms with Crippen LogP contribution in [0.4, 0.5) is 5.69 Å². The van der Waals surface area contributed by atoms with Gasteiger partial charge in [-0.3, -0.25) is 9.59 Å². The van der Waals surface area contributed by atoms with E-state index in [1.54, 1.807) is 6.07 Å². The first kappa shape index (κ1) is 16.5. The number of nitrogens with one attached hydrogen (secondary N) is 2. The molecule has 0 saturated heterocycles. The predicted octanol–water partition coefficient (Wildman–Crippen LogP) is 1.91. The van der Waals surface area contributed by atoms with Crippen molar-refractivity contribution in [3.8, 4) is 0 Å². The number of hydrogen-bond acceptors (Lipinski definition) is 3. The van der Waals surface area contributed by atoms with Crippen LogP contribution in [0.3, 0.4) is 0 Å². The maximum Gasteiger partial charge on any atom is 0.313 e. The van der Waals surface area contributed by atoms with Gasteiger partial charge in [-0.05, 0) is 56.2 Å². The molecule has 1 fully saturated rings. The number of rotatable bonds is 3. The predicted molar refractivity (Wildman–Crippen MR) is 85.5 cm³/mol. The van der Waals surface area contributed by atoms with Crippen LogP contribution >= 0.6 is 0 Å². The van der Waals surface area contributed by atoms with Crippen LogP contribution in [0.25, 0.3) is 0 Å². The Morgan fingerprint density at radius 3 is 2.73 bits per heavy atom. The van der Waals surface area contributed by atoms with Crippen molar-refractivity contribution in [2.24, 2.45) is 5.92 Å². The van der Waals surface area contributed by atoms with Crippen molar-refractivity contribution in [2.75, 3.05) is 11.9 Å². The molecule has 3 N–H and O–H groups in total. The van der Waals surface area contributed by atoms with Gasteiger partial charge in [0.1, 0.15) is 0 Å². The normalized spacial score (nSPS) is 21.2. The molecule has 1 aliphatic carbocycles. The van der Waals surface area contributed by atoms with Crippen molar-refractivity contribution in [2.45, 2.75) is 45.6 Å². The first-order chi connectivity index (χ1) is 10.5. The Hall–Kier alpha value is -1.88. The number of carbonyl (C=O) groups is 2. The third-order valence-corrected chi connectivity index (χ3v) is 4.37. The summed E-state index contributed by atoms with van der Waals surface area (Å²) in [4.78, 5) is 23.8. The Kier molecular flexibility index (Phi) is 5.55. The van der Waals surface area contributed by atoms with Crippen LogP contribution in [0.5, 0.6) is 0 Å². The van der Waals surface area contributed by atoms with E-state index >= 15 is 0 Å². The minimum atomic E-state index is -0.648. The van der Waals surface area contributed by atoms with E-state index in [1.807, 2.05) is 26.0 Å². The highest BCUT2D eigenvalue weighted by Crippen LogP contribution is 2.23. The number of amides is 2. The molecule has 1 aromatic rings. The molecule has 0 radical (unpaired) electrons. The number of benzene rings is 1. The zero-order valence-electron chi connectivity index (χ0n) is 13.2. The average Bonchev–Trinajstić information content (AvgIpc) is 2.49. The number of carbonyl (C=O) groups excluding carboxylic acids is 2. The average molecular weight is 304 g/mol. The minimum absolute atomic E-state index is 0.251. The third-order valence-electron chi connectivity index (χ3n) is 4.37. The third kappa shape index (κ3) is 4.31. The van der Waals surface area contributed by atoms with E-state index < -0.39 is 11.8 Å². The van der Waals surface area contributed by atoms with Gasteiger partial charge < -0.3 is 15.7 Å². The first-order valence-corrected chi connectivity index (χ1v) is 7.81. The van der Waals surface area contributed by atoms with Crippen molar-refractivity contribution < 1.29 is 14.7 Å². The smallest absolute Gasteiger partial charge is 0.313 e. The summed E-state index contributed by atoms with van der Waals surface area (Å²) in [5.41, 5.74) is 2.68. The number of hydrogen-bond donors (Lipinski definition) is 3. The fourth-order valence-electron chi connectivity index (χ4n) is 2.83. The summed E-state index contributed by atoms with van der Waals surface area (Å²) >= 11 is 0. The molecule has 2 rings (SSSR count). The van der Waals surface area contributed by atoms with Crippen LogP contribution in [0.1, 0.15) is 36.8 Å². The Morgan fingerprint density at radius 2 is 2.00 bits per heavy atom. The minimum Gasteiger partial charge on any atom is -0.393 e. The lowest BCUT2D eigenvalue weighted by molar-refractivity contribution is -0.136. The summed E-state index contributed by atoms with van der Waals surface area (Å²) in [5, 5.41) is 14.9. The lowest BCUT2D eigenvalue weighted by atomic mass is 9.87. The molecule has 2 amide bonds. The summed E-state index contributed by atoms with van der Waals surface area (Å²) in [6, 6.07) is 5.59. The van der Waals surface area contributed by atoms with Gasteiger partial charge in [-0.25, -0.2) is 0 Å². The van der Waals surface area contributed by atoms with Gasteiger partial charge >= 0.3 is 11.8 Å². The van der Waals surface area contributed by atoms with Gasteiger partial charge in [0.25, 0.3) is 0 Å². The molecule has 5 nitrogen and oxygen atoms in total. The zero-order valence-corrected chi connectivity index (χ0v) is 13.2. The SMILES string of the molecule is Cc1cccc(NC(=O)C(=O)NCC2CCCC(O)C2)c1C. The van der Waals surface area contributed by atoms with E-state index in [4.69, 9.17) is 0 Å². The molecule has 1 saturated carbocycles. The molecule has 0 bridgehead atoms. The highest BCUT2D eigenvalue weighted by atomic mass is 16.3. The second-order valence-corrected chi connectivity index (χ2v) is 6.10. The van der Waals surface area contributed by atoms with E-state index in [1.165, 1.54) is 0 Å². The monoisotopic (exact) mass is 304 g/mol. The van der Waals surface area contributed by atoms with Crippen molar-refractivity contribution >= 4 is 17.5 Å². The molecule has 22 heavy (non-hydrogen) atoms. The molecule has 0 heterocycles. The molecule has 2 atom stereocenters. The second-order valence-electron chi connectivity index (χ2n) is 6.10. The zero-order chi connectivity index (χ0) is 16.1. The Bertz CT molecular complexity index is 557. The summed E-state index contributed by atoms with van der Waals surface area (Å²) in [6.45, 7) is 4.31. The molecule has 0 aromatic heterocycles. The van der Waals surface area contributed by atoms with E-state index in [0.29, 0.717) is 18.7 Å². The summed E-state index contributed by atoms with van der Waals surface area (Å²) in [6.07, 6.45) is 3.20. The van der Waals surface area contributed by atoms with E-state index in [0.717, 1.165) is 30.4 Å². The number of aliphatic hydroxyl groups is 1. The van der Waals surface area contributed by atoms with Gasteiger partial charge in [0.05, 0.1) is 6.10 Å². The van der Waals surface area contributed by atoms with Crippen molar-refractivity contribution in [3.63, 3.8) is 0 Å². The first-order valence-electron chi connectivity index (χ1n) is 7.81. The van der Waals surface area contributed by atoms with Gasteiger partial charge in [-0.1, -0.05) is 18.6 Å². The molecule has 120 valence electrons. The molecule has 0 spiro atoms. The number of aryl methyl sites for hydroxylation is 1. The van der Waals surface area contributed by atoms with Crippen LogP contribution in [0.2, 0.25) is 0 Å². The topological polar surface area (TPSA) is 78.4 Å². The van der Waals surface area contributed by atoms with Crippen LogP contribution in [0, 0.1) is 19.8 Å². The van der Waals surface area contributed by atoms with Crippen molar-refractivity contribution in [1.29, 1.82) is 0 Å². The van der Waals surface area contributed by atoms with E-state index in [9.17, 15) is 14.7 Å². The fourth-order valence-corrected chi connectivity index (χ4v) is 2.83. The van der Waals surface area contributed by atoms with E-state index in [-0.39, 0.29) is 12.0 Å². The Balaban J connectivity index is 1.84. The van der Waals surface area contributed by atoms with Crippen molar-refractivity contribution in [3.05, 3.63) is 29.3 Å². The summed E-state index contributed by atoms with van der Waals surface area (Å²) in [7, 11) is 0. The van der Waals surface area contributed by atoms with Crippen LogP contribution in [0.15, 0.2) is 18.2 Å². The molecule has 0 aliphatic heterocycles. The van der Waals surface area contributed by atoms with Gasteiger partial charge in [0.2, 0.25) is 0 Å². The number of anilines is 1. The second kappa shape index (κ2) is 7.40. The standard InChI is InChI=1S/C17H24N2O3/c1-11-5-3-8-15(12(11)2)19-17(22)16(21)18-10-13-6-4-7-14(20)9-13/h3,5,8,13-14,20H,4,6-7,9-10H2,1-2H3,(H,18,21)(H,19,22). The lowest BCUT2D eigenvalue weighted by Gasteiger charge is -2.25. The molecule has 1 aromatic carbocycles. The van der Waals surface area contributed by atoms with Crippen molar-refractivity contribution in [1.82, 2.24) is 5.32 Å². The quantitative estimate of drug-likeness (QED) is 0.746. The van der Waals surface area contributed by atoms with Gasteiger partial charge in [-0.2, -0.15) is 0 Å². The summed E-state index contributed by atoms with van der Waals surface area (Å²) in [5.74, 6) is -1.02. The van der Waals surface area contributed by atoms with Crippen LogP contribution < -0.4 is 10.6 Å². The molecular weight excluding hydrogens is 280 g/mol. The van der Waals surface area contributed by atoms with Crippen LogP contribution in [-0.4, -0.2) is 29.6 Å². The van der Waals surface area contributed by atoms with Crippen LogP contribution in [-0.2, 0) is 9.59 Å². The molecular formula is C17H24N2O3. The Morgan fingerprint density at radius 1 is 1.23 bits per heavy atom.